The number of anilines is 2. The van der Waals surface area contributed by atoms with Gasteiger partial charge in [0.25, 0.3) is 0 Å². The van der Waals surface area contributed by atoms with Crippen LogP contribution >= 0.6 is 0 Å². The van der Waals surface area contributed by atoms with Crippen molar-refractivity contribution in [1.82, 2.24) is 0 Å². The molecule has 0 bridgehead atoms. The van der Waals surface area contributed by atoms with Gasteiger partial charge >= 0.3 is 0 Å². The minimum Gasteiger partial charge on any atom is -0.399 e. The van der Waals surface area contributed by atoms with E-state index in [0.29, 0.717) is 0 Å². The van der Waals surface area contributed by atoms with Gasteiger partial charge in [-0.25, -0.2) is 20.4 Å². The van der Waals surface area contributed by atoms with Crippen molar-refractivity contribution < 1.29 is 9.59 Å². The molecule has 0 saturated carbocycles. The van der Waals surface area contributed by atoms with Gasteiger partial charge in [-0.05, 0) is 60.4 Å². The average molecular weight is 298 g/mol. The molecule has 0 radical (unpaired) electrons. The summed E-state index contributed by atoms with van der Waals surface area (Å²) in [4.78, 5) is 16.7. The summed E-state index contributed by atoms with van der Waals surface area (Å²) in [6.07, 6.45) is 1.50. The van der Waals surface area contributed by atoms with Crippen LogP contribution in [-0.4, -0.2) is 12.2 Å². The summed E-state index contributed by atoms with van der Waals surface area (Å²) in [6, 6.07) is 12.1. The molecule has 0 heterocycles. The molecule has 2 rings (SSSR count). The average Bonchev–Trinajstić information content (AvgIpc) is 2.47. The van der Waals surface area contributed by atoms with Gasteiger partial charge in [0.05, 0.1) is 0 Å². The molecule has 114 valence electrons. The van der Waals surface area contributed by atoms with Gasteiger partial charge in [-0.1, -0.05) is 12.1 Å². The zero-order chi connectivity index (χ0) is 17.1. The molecule has 0 amide bonds. The summed E-state index contributed by atoms with van der Waals surface area (Å²) in [5.74, 6) is 0. The SMILES string of the molecule is Cc1cc(-c2ccc(N)c(C)c2)ccc1N.N=C=O.N=C=O. The lowest BCUT2D eigenvalue weighted by Gasteiger charge is -2.07. The highest BCUT2D eigenvalue weighted by Crippen LogP contribution is 2.25. The summed E-state index contributed by atoms with van der Waals surface area (Å²) >= 11 is 0. The number of aryl methyl sites for hydroxylation is 2. The van der Waals surface area contributed by atoms with Crippen molar-refractivity contribution in [2.24, 2.45) is 0 Å². The van der Waals surface area contributed by atoms with Gasteiger partial charge in [-0.3, -0.25) is 0 Å². The Kier molecular flexibility index (Phi) is 8.26. The quantitative estimate of drug-likeness (QED) is 0.366. The number of hydrogen-bond donors (Lipinski definition) is 4. The predicted molar refractivity (Wildman–Crippen MR) is 87.0 cm³/mol. The van der Waals surface area contributed by atoms with Crippen LogP contribution in [0.5, 0.6) is 0 Å². The fourth-order valence-electron chi connectivity index (χ4n) is 1.71. The number of hydrogen-bond acceptors (Lipinski definition) is 6. The molecular weight excluding hydrogens is 280 g/mol. The van der Waals surface area contributed by atoms with E-state index >= 15 is 0 Å². The highest BCUT2D eigenvalue weighted by Gasteiger charge is 2.01. The van der Waals surface area contributed by atoms with Crippen LogP contribution in [-0.2, 0) is 9.59 Å². The van der Waals surface area contributed by atoms with Crippen LogP contribution in [0.2, 0.25) is 0 Å². The second-order valence-electron chi connectivity index (χ2n) is 4.35. The molecule has 6 N–H and O–H groups in total. The number of benzene rings is 2. The van der Waals surface area contributed by atoms with Crippen molar-refractivity contribution in [2.45, 2.75) is 13.8 Å². The fraction of sp³-hybridized carbons (Fsp3) is 0.125. The Hall–Kier alpha value is -3.20. The lowest BCUT2D eigenvalue weighted by molar-refractivity contribution is 0.562. The van der Waals surface area contributed by atoms with E-state index in [9.17, 15) is 0 Å². The van der Waals surface area contributed by atoms with E-state index in [2.05, 4.69) is 12.1 Å². The van der Waals surface area contributed by atoms with Crippen LogP contribution < -0.4 is 11.5 Å². The Morgan fingerprint density at radius 2 is 1.05 bits per heavy atom. The molecule has 6 nitrogen and oxygen atoms in total. The van der Waals surface area contributed by atoms with E-state index in [1.54, 1.807) is 0 Å². The molecule has 0 atom stereocenters. The summed E-state index contributed by atoms with van der Waals surface area (Å²) in [5, 5.41) is 10.8. The van der Waals surface area contributed by atoms with Gasteiger partial charge in [0.1, 0.15) is 0 Å². The number of rotatable bonds is 1. The van der Waals surface area contributed by atoms with Crippen LogP contribution in [0, 0.1) is 24.7 Å². The van der Waals surface area contributed by atoms with Crippen molar-refractivity contribution in [3.05, 3.63) is 47.5 Å². The van der Waals surface area contributed by atoms with Gasteiger partial charge in [0.2, 0.25) is 12.2 Å². The molecule has 0 aromatic heterocycles. The molecule has 0 saturated heterocycles. The first-order valence-electron chi connectivity index (χ1n) is 6.21. The lowest BCUT2D eigenvalue weighted by atomic mass is 10.0. The first kappa shape index (κ1) is 18.8. The Morgan fingerprint density at radius 3 is 1.27 bits per heavy atom. The fourth-order valence-corrected chi connectivity index (χ4v) is 1.71. The summed E-state index contributed by atoms with van der Waals surface area (Å²) < 4.78 is 0. The van der Waals surface area contributed by atoms with E-state index in [1.807, 2.05) is 38.1 Å². The molecule has 22 heavy (non-hydrogen) atoms. The molecule has 0 aliphatic carbocycles. The molecule has 2 aromatic rings. The van der Waals surface area contributed by atoms with Crippen LogP contribution in [0.25, 0.3) is 11.1 Å². The third kappa shape index (κ3) is 5.84. The molecule has 0 spiro atoms. The van der Waals surface area contributed by atoms with Crippen molar-refractivity contribution in [3.8, 4) is 11.1 Å². The minimum absolute atomic E-state index is 0.750. The molecule has 0 aliphatic rings. The molecule has 2 aromatic carbocycles. The maximum atomic E-state index is 8.35. The van der Waals surface area contributed by atoms with Crippen LogP contribution in [0.3, 0.4) is 0 Å². The zero-order valence-electron chi connectivity index (χ0n) is 12.4. The molecule has 6 heteroatoms. The number of nitrogens with one attached hydrogen (secondary N) is 2. The summed E-state index contributed by atoms with van der Waals surface area (Å²) in [5.41, 5.74) is 17.8. The van der Waals surface area contributed by atoms with E-state index in [-0.39, 0.29) is 0 Å². The van der Waals surface area contributed by atoms with Crippen LogP contribution in [0.15, 0.2) is 36.4 Å². The predicted octanol–water partition coefficient (Wildman–Crippen LogP) is 2.94. The molecule has 0 unspecified atom stereocenters. The molecular formula is C16H18N4O2. The lowest BCUT2D eigenvalue weighted by Crippen LogP contribution is -1.91. The molecule has 0 aliphatic heterocycles. The third-order valence-corrected chi connectivity index (χ3v) is 2.87. The largest absolute Gasteiger partial charge is 0.399 e. The van der Waals surface area contributed by atoms with Gasteiger partial charge in [-0.2, -0.15) is 0 Å². The smallest absolute Gasteiger partial charge is 0.231 e. The number of nitrogens with two attached hydrogens (primary N) is 2. The van der Waals surface area contributed by atoms with Crippen LogP contribution in [0.1, 0.15) is 11.1 Å². The van der Waals surface area contributed by atoms with Gasteiger partial charge in [-0.15, -0.1) is 0 Å². The van der Waals surface area contributed by atoms with E-state index in [0.717, 1.165) is 34.7 Å². The van der Waals surface area contributed by atoms with Crippen LogP contribution in [0.4, 0.5) is 11.4 Å². The Bertz CT molecular complexity index is 638. The summed E-state index contributed by atoms with van der Waals surface area (Å²) in [7, 11) is 0. The minimum atomic E-state index is 0.750. The highest BCUT2D eigenvalue weighted by atomic mass is 16.1. The van der Waals surface area contributed by atoms with Gasteiger partial charge < -0.3 is 11.5 Å². The van der Waals surface area contributed by atoms with Gasteiger partial charge in [0, 0.05) is 11.4 Å². The Morgan fingerprint density at radius 1 is 0.773 bits per heavy atom. The third-order valence-electron chi connectivity index (χ3n) is 2.87. The zero-order valence-corrected chi connectivity index (χ0v) is 12.4. The van der Waals surface area contributed by atoms with Crippen molar-refractivity contribution in [1.29, 1.82) is 10.8 Å². The maximum absolute atomic E-state index is 8.35. The molecule has 0 fully saturated rings. The number of isocyanates is 2. The standard InChI is InChI=1S/C14H16N2.2CHNO/c1-9-7-11(3-5-13(9)15)12-4-6-14(16)10(2)8-12;2*2-1-3/h3-8H,15-16H2,1-2H3;2*2H. The Balaban J connectivity index is 0.000000639. The first-order valence-corrected chi connectivity index (χ1v) is 6.21. The van der Waals surface area contributed by atoms with Crippen molar-refractivity contribution in [2.75, 3.05) is 11.5 Å². The van der Waals surface area contributed by atoms with Gasteiger partial charge in [0.15, 0.2) is 0 Å². The first-order chi connectivity index (χ1) is 10.4. The Labute approximate surface area is 128 Å². The number of carbonyl (C=O) groups excluding carboxylic acids is 2. The normalized spacial score (nSPS) is 8.27. The number of nitrogen functional groups attached to an aromatic ring is 2. The topological polar surface area (TPSA) is 134 Å². The highest BCUT2D eigenvalue weighted by molar-refractivity contribution is 5.70. The monoisotopic (exact) mass is 298 g/mol. The van der Waals surface area contributed by atoms with E-state index in [4.69, 9.17) is 31.9 Å². The van der Waals surface area contributed by atoms with Crippen molar-refractivity contribution >= 4 is 23.5 Å². The van der Waals surface area contributed by atoms with E-state index in [1.165, 1.54) is 11.1 Å². The second kappa shape index (κ2) is 9.66. The summed E-state index contributed by atoms with van der Waals surface area (Å²) in [6.45, 7) is 4.03. The van der Waals surface area contributed by atoms with Crippen molar-refractivity contribution in [3.63, 3.8) is 0 Å². The van der Waals surface area contributed by atoms with E-state index < -0.39 is 0 Å². The maximum Gasteiger partial charge on any atom is 0.231 e. The second-order valence-corrected chi connectivity index (χ2v) is 4.35.